The number of rotatable bonds is 5. The van der Waals surface area contributed by atoms with E-state index >= 15 is 0 Å². The van der Waals surface area contributed by atoms with Crippen molar-refractivity contribution in [2.75, 3.05) is 9.80 Å². The quantitative estimate of drug-likeness (QED) is 0.125. The van der Waals surface area contributed by atoms with E-state index < -0.39 is 0 Å². The number of anilines is 6. The summed E-state index contributed by atoms with van der Waals surface area (Å²) in [6.07, 6.45) is 0. The summed E-state index contributed by atoms with van der Waals surface area (Å²) in [6, 6.07) is 72.6. The average molecular weight is 989 g/mol. The molecule has 0 aliphatic carbocycles. The van der Waals surface area contributed by atoms with E-state index in [0.29, 0.717) is 5.92 Å². The van der Waals surface area contributed by atoms with E-state index in [9.17, 15) is 0 Å². The van der Waals surface area contributed by atoms with Gasteiger partial charge in [0.05, 0.1) is 11.4 Å². The van der Waals surface area contributed by atoms with Crippen LogP contribution >= 0.6 is 11.3 Å². The van der Waals surface area contributed by atoms with Crippen molar-refractivity contribution < 1.29 is 0 Å². The Morgan fingerprint density at radius 1 is 0.413 bits per heavy atom. The molecule has 2 aliphatic rings. The Hall–Kier alpha value is -7.40. The second kappa shape index (κ2) is 17.1. The van der Waals surface area contributed by atoms with E-state index in [0.717, 1.165) is 0 Å². The minimum Gasteiger partial charge on any atom is -0.311 e. The fourth-order valence-electron chi connectivity index (χ4n) is 12.4. The van der Waals surface area contributed by atoms with Gasteiger partial charge < -0.3 is 9.80 Å². The van der Waals surface area contributed by atoms with Crippen molar-refractivity contribution in [3.05, 3.63) is 210 Å². The fraction of sp³-hybridized carbons (Fsp3) is 0.211. The van der Waals surface area contributed by atoms with Gasteiger partial charge in [0.2, 0.25) is 0 Å². The van der Waals surface area contributed by atoms with Crippen molar-refractivity contribution in [2.45, 2.75) is 98.3 Å². The summed E-state index contributed by atoms with van der Waals surface area (Å²) in [7, 11) is 0. The zero-order chi connectivity index (χ0) is 51.9. The number of hydrogen-bond donors (Lipinski definition) is 0. The molecule has 13 rings (SSSR count). The Bertz CT molecular complexity index is 4070. The molecule has 2 nitrogen and oxygen atoms in total. The molecular formula is C71H65BN2S. The SMILES string of the molecule is CC(C)c1ccc(N2c3cccc4c3B(c3cc(-c5ccccc5)c(C(C)(C)C)cc3N4c3ccc(C(C)(C)C)cc3-c3ccc4c5ccccc5c5ccccc5c4c3)c3sc4ccc(C(C)(C)C)cc4c32)cc1. The standard InChI is InChI=1S/C71H65BN2S/c1-43(2)44-28-33-49(34-29-44)73-62-26-19-27-63-66(62)72(68-67(73)58-40-48(70(6,7)8)32-37-65(58)75-68)60-41-55(45-20-13-12-14-21-45)59(71(9,10)11)42-64(60)74(63)61-36-31-47(69(3,4)5)39-56(61)46-30-35-54-52-24-16-15-22-50(52)51-23-17-18-25-53(51)57(54)38-46/h12-43H,1-11H3. The molecule has 0 saturated carbocycles. The predicted octanol–water partition coefficient (Wildman–Crippen LogP) is 18.8. The van der Waals surface area contributed by atoms with Gasteiger partial charge in [-0.3, -0.25) is 0 Å². The monoisotopic (exact) mass is 988 g/mol. The molecule has 2 aliphatic heterocycles. The minimum absolute atomic E-state index is 0.00937. The van der Waals surface area contributed by atoms with Crippen LogP contribution in [0, 0.1) is 0 Å². The van der Waals surface area contributed by atoms with E-state index in [1.54, 1.807) is 0 Å². The van der Waals surface area contributed by atoms with Gasteiger partial charge in [0, 0.05) is 43.2 Å². The van der Waals surface area contributed by atoms with Crippen molar-refractivity contribution in [3.8, 4) is 22.3 Å². The Kier molecular flexibility index (Phi) is 10.8. The van der Waals surface area contributed by atoms with Gasteiger partial charge in [-0.2, -0.15) is 0 Å². The van der Waals surface area contributed by atoms with Crippen molar-refractivity contribution in [3.63, 3.8) is 0 Å². The number of fused-ring (bicyclic) bond motifs is 12. The molecule has 0 amide bonds. The first kappa shape index (κ1) is 47.3. The van der Waals surface area contributed by atoms with Gasteiger partial charge in [-0.25, -0.2) is 0 Å². The van der Waals surface area contributed by atoms with E-state index in [-0.39, 0.29) is 23.0 Å². The molecule has 3 heterocycles. The Morgan fingerprint density at radius 3 is 1.63 bits per heavy atom. The fourth-order valence-corrected chi connectivity index (χ4v) is 13.7. The van der Waals surface area contributed by atoms with Crippen LogP contribution in [0.1, 0.15) is 104 Å². The highest BCUT2D eigenvalue weighted by Gasteiger charge is 2.46. The van der Waals surface area contributed by atoms with Crippen LogP contribution in [0.2, 0.25) is 0 Å². The maximum atomic E-state index is 2.66. The Morgan fingerprint density at radius 2 is 1.00 bits per heavy atom. The lowest BCUT2D eigenvalue weighted by atomic mass is 9.36. The lowest BCUT2D eigenvalue weighted by molar-refractivity contribution is 0.590. The Labute approximate surface area is 448 Å². The third-order valence-electron chi connectivity index (χ3n) is 16.5. The Balaban J connectivity index is 1.15. The third kappa shape index (κ3) is 7.57. The van der Waals surface area contributed by atoms with Crippen LogP contribution in [0.5, 0.6) is 0 Å². The molecule has 0 fully saturated rings. The molecule has 1 aromatic heterocycles. The van der Waals surface area contributed by atoms with Crippen LogP contribution in [0.3, 0.4) is 0 Å². The number of hydrogen-bond acceptors (Lipinski definition) is 3. The van der Waals surface area contributed by atoms with Gasteiger partial charge in [0.25, 0.3) is 6.71 Å². The highest BCUT2D eigenvalue weighted by molar-refractivity contribution is 7.33. The normalized spacial score (nSPS) is 13.6. The van der Waals surface area contributed by atoms with Crippen molar-refractivity contribution in [1.82, 2.24) is 0 Å². The van der Waals surface area contributed by atoms with Gasteiger partial charge in [0.15, 0.2) is 0 Å². The zero-order valence-corrected chi connectivity index (χ0v) is 46.2. The average Bonchev–Trinajstić information content (AvgIpc) is 3.82. The highest BCUT2D eigenvalue weighted by atomic mass is 32.1. The summed E-state index contributed by atoms with van der Waals surface area (Å²) in [5.41, 5.74) is 20.1. The molecule has 10 aromatic carbocycles. The molecule has 75 heavy (non-hydrogen) atoms. The maximum absolute atomic E-state index is 2.66. The summed E-state index contributed by atoms with van der Waals surface area (Å²) in [4.78, 5) is 5.28. The molecule has 0 radical (unpaired) electrons. The first-order valence-electron chi connectivity index (χ1n) is 27.1. The van der Waals surface area contributed by atoms with Crippen molar-refractivity contribution >= 4 is 110 Å². The molecule has 0 atom stereocenters. The largest absolute Gasteiger partial charge is 0.311 e. The van der Waals surface area contributed by atoms with Gasteiger partial charge >= 0.3 is 0 Å². The zero-order valence-electron chi connectivity index (χ0n) is 45.4. The minimum atomic E-state index is -0.160. The molecule has 0 spiro atoms. The maximum Gasteiger partial charge on any atom is 0.264 e. The van der Waals surface area contributed by atoms with Crippen LogP contribution in [0.4, 0.5) is 34.1 Å². The molecule has 0 N–H and O–H groups in total. The molecular weight excluding hydrogens is 924 g/mol. The summed E-state index contributed by atoms with van der Waals surface area (Å²) in [5, 5.41) is 9.03. The van der Waals surface area contributed by atoms with Gasteiger partial charge in [0.1, 0.15) is 0 Å². The van der Waals surface area contributed by atoms with Crippen LogP contribution in [0.25, 0.3) is 64.7 Å². The smallest absolute Gasteiger partial charge is 0.264 e. The number of nitrogens with zero attached hydrogens (tertiary/aromatic N) is 2. The summed E-state index contributed by atoms with van der Waals surface area (Å²) < 4.78 is 2.71. The molecule has 0 bridgehead atoms. The summed E-state index contributed by atoms with van der Waals surface area (Å²) >= 11 is 1.98. The molecule has 0 saturated heterocycles. The molecule has 11 aromatic rings. The highest BCUT2D eigenvalue weighted by Crippen LogP contribution is 2.52. The van der Waals surface area contributed by atoms with Gasteiger partial charge in [-0.05, 0) is 165 Å². The van der Waals surface area contributed by atoms with E-state index in [1.807, 2.05) is 11.3 Å². The number of benzene rings is 10. The lowest BCUT2D eigenvalue weighted by Gasteiger charge is -2.44. The lowest BCUT2D eigenvalue weighted by Crippen LogP contribution is -2.60. The first-order valence-corrected chi connectivity index (χ1v) is 27.9. The van der Waals surface area contributed by atoms with Crippen molar-refractivity contribution in [2.24, 2.45) is 0 Å². The first-order chi connectivity index (χ1) is 35.9. The van der Waals surface area contributed by atoms with E-state index in [4.69, 9.17) is 0 Å². The van der Waals surface area contributed by atoms with Crippen LogP contribution in [0.15, 0.2) is 188 Å². The van der Waals surface area contributed by atoms with Crippen LogP contribution < -0.4 is 25.5 Å². The van der Waals surface area contributed by atoms with Gasteiger partial charge in [-0.1, -0.05) is 204 Å². The third-order valence-corrected chi connectivity index (χ3v) is 17.7. The van der Waals surface area contributed by atoms with Gasteiger partial charge in [-0.15, -0.1) is 11.3 Å². The molecule has 368 valence electrons. The molecule has 4 heteroatoms. The summed E-state index contributed by atoms with van der Waals surface area (Å²) in [6.45, 7) is 25.8. The number of thiophene rings is 1. The van der Waals surface area contributed by atoms with Crippen LogP contribution in [-0.2, 0) is 16.2 Å². The second-order valence-electron chi connectivity index (χ2n) is 24.7. The van der Waals surface area contributed by atoms with E-state index in [1.165, 1.54) is 137 Å². The van der Waals surface area contributed by atoms with E-state index in [2.05, 4.69) is 274 Å². The predicted molar refractivity (Wildman–Crippen MR) is 329 cm³/mol. The van der Waals surface area contributed by atoms with Crippen LogP contribution in [-0.4, -0.2) is 6.71 Å². The summed E-state index contributed by atoms with van der Waals surface area (Å²) in [5.74, 6) is 0.433. The molecule has 0 unspecified atom stereocenters. The second-order valence-corrected chi connectivity index (χ2v) is 25.8. The van der Waals surface area contributed by atoms with Crippen molar-refractivity contribution in [1.29, 1.82) is 0 Å². The topological polar surface area (TPSA) is 6.48 Å².